The van der Waals surface area contributed by atoms with Gasteiger partial charge in [0.2, 0.25) is 11.3 Å². The molecule has 28 heavy (non-hydrogen) atoms. The van der Waals surface area contributed by atoms with E-state index in [4.69, 9.17) is 11.6 Å². The molecule has 2 aromatic rings. The molecule has 3 rings (SSSR count). The summed E-state index contributed by atoms with van der Waals surface area (Å²) in [4.78, 5) is 53.0. The van der Waals surface area contributed by atoms with Gasteiger partial charge in [0, 0.05) is 42.7 Å². The van der Waals surface area contributed by atoms with Gasteiger partial charge in [-0.25, -0.2) is 0 Å². The number of rotatable bonds is 3. The van der Waals surface area contributed by atoms with Crippen LogP contribution in [0, 0.1) is 5.92 Å². The minimum atomic E-state index is -1.01. The molecule has 3 N–H and O–H groups in total. The van der Waals surface area contributed by atoms with Crippen molar-refractivity contribution >= 4 is 40.3 Å². The van der Waals surface area contributed by atoms with Crippen molar-refractivity contribution in [1.29, 1.82) is 0 Å². The van der Waals surface area contributed by atoms with Gasteiger partial charge in [-0.05, 0) is 31.0 Å². The minimum absolute atomic E-state index is 0.0254. The van der Waals surface area contributed by atoms with Gasteiger partial charge in [0.05, 0.1) is 11.4 Å². The third-order valence-electron chi connectivity index (χ3n) is 4.86. The van der Waals surface area contributed by atoms with Crippen LogP contribution in [0.15, 0.2) is 29.2 Å². The molecule has 2 atom stereocenters. The van der Waals surface area contributed by atoms with Crippen LogP contribution in [0.1, 0.15) is 30.1 Å². The van der Waals surface area contributed by atoms with Gasteiger partial charge < -0.3 is 20.3 Å². The fourth-order valence-electron chi connectivity index (χ4n) is 3.49. The zero-order valence-electron chi connectivity index (χ0n) is 15.2. The van der Waals surface area contributed by atoms with E-state index in [-0.39, 0.29) is 30.6 Å². The van der Waals surface area contributed by atoms with Crippen LogP contribution in [0.2, 0.25) is 5.02 Å². The molecule has 1 aliphatic heterocycles. The number of fused-ring (bicyclic) bond motifs is 1. The van der Waals surface area contributed by atoms with Crippen molar-refractivity contribution in [3.63, 3.8) is 0 Å². The van der Waals surface area contributed by atoms with Crippen LogP contribution in [0.3, 0.4) is 0 Å². The minimum Gasteiger partial charge on any atom is -0.481 e. The van der Waals surface area contributed by atoms with Crippen LogP contribution in [0.5, 0.6) is 0 Å². The highest BCUT2D eigenvalue weighted by Gasteiger charge is 2.32. The highest BCUT2D eigenvalue weighted by molar-refractivity contribution is 6.31. The maximum absolute atomic E-state index is 13.1. The summed E-state index contributed by atoms with van der Waals surface area (Å²) >= 11 is 5.93. The first kappa shape index (κ1) is 19.9. The van der Waals surface area contributed by atoms with Gasteiger partial charge in [0.15, 0.2) is 0 Å². The van der Waals surface area contributed by atoms with Crippen molar-refractivity contribution in [3.8, 4) is 0 Å². The van der Waals surface area contributed by atoms with Crippen LogP contribution in [0.25, 0.3) is 10.9 Å². The molecule has 1 aromatic heterocycles. The summed E-state index contributed by atoms with van der Waals surface area (Å²) in [6.45, 7) is 1.48. The SMILES string of the molecule is CC(=O)N[C@@H]1CC[C@H](C(=O)O)CN(C(=O)c2c[nH]c3cc(Cl)ccc3c2=O)C1. The number of hydrogen-bond donors (Lipinski definition) is 3. The predicted molar refractivity (Wildman–Crippen MR) is 103 cm³/mol. The van der Waals surface area contributed by atoms with Crippen LogP contribution in [0.4, 0.5) is 0 Å². The molecule has 8 nitrogen and oxygen atoms in total. The average molecular weight is 406 g/mol. The summed E-state index contributed by atoms with van der Waals surface area (Å²) in [6.07, 6.45) is 2.08. The van der Waals surface area contributed by atoms with E-state index in [1.54, 1.807) is 12.1 Å². The number of amides is 2. The number of carbonyl (C=O) groups excluding carboxylic acids is 2. The van der Waals surface area contributed by atoms with E-state index in [0.29, 0.717) is 28.8 Å². The number of nitrogens with one attached hydrogen (secondary N) is 2. The Morgan fingerprint density at radius 3 is 2.68 bits per heavy atom. The monoisotopic (exact) mass is 405 g/mol. The Labute approximate surface area is 165 Å². The highest BCUT2D eigenvalue weighted by Crippen LogP contribution is 2.20. The molecule has 1 saturated heterocycles. The number of hydrogen-bond acceptors (Lipinski definition) is 4. The second-order valence-electron chi connectivity index (χ2n) is 6.94. The Morgan fingerprint density at radius 2 is 2.00 bits per heavy atom. The normalized spacial score (nSPS) is 19.9. The zero-order chi connectivity index (χ0) is 20.4. The van der Waals surface area contributed by atoms with Crippen molar-refractivity contribution in [1.82, 2.24) is 15.2 Å². The molecule has 1 fully saturated rings. The van der Waals surface area contributed by atoms with Crippen LogP contribution in [-0.4, -0.2) is 51.9 Å². The maximum atomic E-state index is 13.1. The average Bonchev–Trinajstić information content (AvgIpc) is 2.83. The first-order valence-electron chi connectivity index (χ1n) is 8.86. The van der Waals surface area contributed by atoms with E-state index in [9.17, 15) is 24.3 Å². The van der Waals surface area contributed by atoms with E-state index in [0.717, 1.165) is 0 Å². The van der Waals surface area contributed by atoms with Crippen LogP contribution >= 0.6 is 11.6 Å². The van der Waals surface area contributed by atoms with Crippen molar-refractivity contribution in [3.05, 3.63) is 45.2 Å². The number of H-pyrrole nitrogens is 1. The molecular weight excluding hydrogens is 386 g/mol. The second kappa shape index (κ2) is 8.02. The second-order valence-corrected chi connectivity index (χ2v) is 7.38. The summed E-state index contributed by atoms with van der Waals surface area (Å²) in [5.74, 6) is -2.60. The predicted octanol–water partition coefficient (Wildman–Crippen LogP) is 1.62. The number of benzene rings is 1. The number of carboxylic acid groups (broad SMARTS) is 1. The number of aliphatic carboxylic acids is 1. The Kier molecular flexibility index (Phi) is 5.69. The van der Waals surface area contributed by atoms with E-state index >= 15 is 0 Å². The molecule has 148 valence electrons. The Bertz CT molecular complexity index is 1000. The number of pyridine rings is 1. The molecule has 1 aromatic carbocycles. The zero-order valence-corrected chi connectivity index (χ0v) is 16.0. The van der Waals surface area contributed by atoms with Gasteiger partial charge in [-0.3, -0.25) is 19.2 Å². The number of aromatic amines is 1. The Hall–Kier alpha value is -2.87. The smallest absolute Gasteiger partial charge is 0.308 e. The van der Waals surface area contributed by atoms with Gasteiger partial charge in [-0.2, -0.15) is 0 Å². The first-order valence-corrected chi connectivity index (χ1v) is 9.24. The van der Waals surface area contributed by atoms with E-state index in [1.807, 2.05) is 0 Å². The van der Waals surface area contributed by atoms with E-state index < -0.39 is 23.2 Å². The summed E-state index contributed by atoms with van der Waals surface area (Å²) in [6, 6.07) is 4.32. The third kappa shape index (κ3) is 4.17. The summed E-state index contributed by atoms with van der Waals surface area (Å²) in [5, 5.41) is 12.9. The summed E-state index contributed by atoms with van der Waals surface area (Å²) in [5.41, 5.74) is -0.0329. The lowest BCUT2D eigenvalue weighted by Gasteiger charge is -2.25. The topological polar surface area (TPSA) is 120 Å². The number of halogens is 1. The van der Waals surface area contributed by atoms with Gasteiger partial charge in [0.1, 0.15) is 5.56 Å². The fraction of sp³-hybridized carbons (Fsp3) is 0.368. The first-order chi connectivity index (χ1) is 13.3. The van der Waals surface area contributed by atoms with Gasteiger partial charge in [-0.15, -0.1) is 0 Å². The quantitative estimate of drug-likeness (QED) is 0.716. The molecule has 0 spiro atoms. The number of likely N-dealkylation sites (tertiary alicyclic amines) is 1. The third-order valence-corrected chi connectivity index (χ3v) is 5.10. The number of aromatic nitrogens is 1. The molecule has 0 aliphatic carbocycles. The highest BCUT2D eigenvalue weighted by atomic mass is 35.5. The Morgan fingerprint density at radius 1 is 1.25 bits per heavy atom. The standard InChI is InChI=1S/C19H20ClN3O5/c1-10(24)22-13-4-2-11(19(27)28)8-23(9-13)18(26)15-7-21-16-6-12(20)3-5-14(16)17(15)25/h3,5-7,11,13H,2,4,8-9H2,1H3,(H,21,25)(H,22,24)(H,27,28)/t11-,13+/m0/s1. The maximum Gasteiger partial charge on any atom is 0.308 e. The fourth-order valence-corrected chi connectivity index (χ4v) is 3.66. The van der Waals surface area contributed by atoms with Crippen molar-refractivity contribution in [2.45, 2.75) is 25.8 Å². The molecule has 0 saturated carbocycles. The number of carbonyl (C=O) groups is 3. The van der Waals surface area contributed by atoms with Crippen molar-refractivity contribution < 1.29 is 19.5 Å². The molecule has 9 heteroatoms. The lowest BCUT2D eigenvalue weighted by molar-refractivity contribution is -0.142. The molecule has 2 amide bonds. The van der Waals surface area contributed by atoms with Crippen LogP contribution < -0.4 is 10.7 Å². The van der Waals surface area contributed by atoms with Crippen molar-refractivity contribution in [2.24, 2.45) is 5.92 Å². The molecular formula is C19H20ClN3O5. The lowest BCUT2D eigenvalue weighted by Crippen LogP contribution is -2.45. The van der Waals surface area contributed by atoms with E-state index in [2.05, 4.69) is 10.3 Å². The van der Waals surface area contributed by atoms with Gasteiger partial charge >= 0.3 is 5.97 Å². The summed E-state index contributed by atoms with van der Waals surface area (Å²) < 4.78 is 0. The van der Waals surface area contributed by atoms with Gasteiger partial charge in [0.25, 0.3) is 5.91 Å². The number of carboxylic acids is 1. The molecule has 1 aliphatic rings. The summed E-state index contributed by atoms with van der Waals surface area (Å²) in [7, 11) is 0. The van der Waals surface area contributed by atoms with E-state index in [1.165, 1.54) is 24.1 Å². The lowest BCUT2D eigenvalue weighted by atomic mass is 10.0. The molecule has 0 bridgehead atoms. The molecule has 0 unspecified atom stereocenters. The molecule has 0 radical (unpaired) electrons. The van der Waals surface area contributed by atoms with Crippen LogP contribution in [-0.2, 0) is 9.59 Å². The van der Waals surface area contributed by atoms with Gasteiger partial charge in [-0.1, -0.05) is 11.6 Å². The van der Waals surface area contributed by atoms with Crippen molar-refractivity contribution in [2.75, 3.05) is 13.1 Å². The largest absolute Gasteiger partial charge is 0.481 e. The molecule has 2 heterocycles. The number of nitrogens with zero attached hydrogens (tertiary/aromatic N) is 1. The Balaban J connectivity index is 1.95.